The molecule has 0 aromatic heterocycles. The second kappa shape index (κ2) is 5.85. The number of halogens is 1. The number of hydrogen-bond donors (Lipinski definition) is 2. The number of nitrogens with zero attached hydrogens (tertiary/aromatic N) is 1. The number of piperazine rings is 1. The lowest BCUT2D eigenvalue weighted by molar-refractivity contribution is 0.223. The quantitative estimate of drug-likeness (QED) is 0.850. The highest BCUT2D eigenvalue weighted by Crippen LogP contribution is 2.41. The summed E-state index contributed by atoms with van der Waals surface area (Å²) in [5, 5.41) is 13.3. The maximum Gasteiger partial charge on any atom is 0.169 e. The number of phenols is 1. The van der Waals surface area contributed by atoms with Gasteiger partial charge in [0.15, 0.2) is 23.1 Å². The van der Waals surface area contributed by atoms with Gasteiger partial charge in [-0.25, -0.2) is 4.39 Å². The van der Waals surface area contributed by atoms with E-state index in [9.17, 15) is 9.50 Å². The first kappa shape index (κ1) is 13.5. The van der Waals surface area contributed by atoms with Gasteiger partial charge in [-0.1, -0.05) is 0 Å². The minimum absolute atomic E-state index is 0.326. The van der Waals surface area contributed by atoms with Crippen molar-refractivity contribution in [3.05, 3.63) is 17.4 Å². The van der Waals surface area contributed by atoms with E-state index in [4.69, 9.17) is 9.47 Å². The Kier molecular flexibility index (Phi) is 3.93. The lowest BCUT2D eigenvalue weighted by Crippen LogP contribution is -2.42. The number of ether oxygens (including phenoxy) is 2. The lowest BCUT2D eigenvalue weighted by Gasteiger charge is -2.28. The fraction of sp³-hybridized carbons (Fsp3) is 0.571. The van der Waals surface area contributed by atoms with Crippen LogP contribution in [0.1, 0.15) is 12.0 Å². The van der Waals surface area contributed by atoms with Crippen LogP contribution in [0.5, 0.6) is 17.2 Å². The summed E-state index contributed by atoms with van der Waals surface area (Å²) in [7, 11) is 0. The SMILES string of the molecule is Oc1c(F)cc2c(c1CN1CCNCC1)OCCCO2. The fourth-order valence-electron chi connectivity index (χ4n) is 2.57. The summed E-state index contributed by atoms with van der Waals surface area (Å²) >= 11 is 0. The normalized spacial score (nSPS) is 19.6. The summed E-state index contributed by atoms with van der Waals surface area (Å²) in [6, 6.07) is 1.21. The molecular weight excluding hydrogens is 263 g/mol. The van der Waals surface area contributed by atoms with Gasteiger partial charge in [0.25, 0.3) is 0 Å². The molecule has 20 heavy (non-hydrogen) atoms. The van der Waals surface area contributed by atoms with E-state index in [1.165, 1.54) is 6.07 Å². The molecule has 1 saturated heterocycles. The molecule has 0 aliphatic carbocycles. The second-order valence-electron chi connectivity index (χ2n) is 5.09. The molecule has 2 aliphatic heterocycles. The maximum atomic E-state index is 13.8. The first-order valence-corrected chi connectivity index (χ1v) is 6.98. The molecule has 0 unspecified atom stereocenters. The van der Waals surface area contributed by atoms with Gasteiger partial charge in [-0.05, 0) is 0 Å². The zero-order valence-corrected chi connectivity index (χ0v) is 11.3. The zero-order valence-electron chi connectivity index (χ0n) is 11.3. The van der Waals surface area contributed by atoms with Crippen molar-refractivity contribution in [1.82, 2.24) is 10.2 Å². The van der Waals surface area contributed by atoms with Crippen LogP contribution >= 0.6 is 0 Å². The van der Waals surface area contributed by atoms with Crippen molar-refractivity contribution < 1.29 is 19.0 Å². The highest BCUT2D eigenvalue weighted by atomic mass is 19.1. The van der Waals surface area contributed by atoms with Gasteiger partial charge in [0.1, 0.15) is 0 Å². The number of hydrogen-bond acceptors (Lipinski definition) is 5. The summed E-state index contributed by atoms with van der Waals surface area (Å²) in [4.78, 5) is 2.17. The van der Waals surface area contributed by atoms with Crippen LogP contribution in [-0.4, -0.2) is 49.4 Å². The highest BCUT2D eigenvalue weighted by molar-refractivity contribution is 5.54. The molecule has 0 bridgehead atoms. The molecule has 1 aromatic rings. The molecule has 1 aromatic carbocycles. The van der Waals surface area contributed by atoms with E-state index in [0.29, 0.717) is 36.8 Å². The van der Waals surface area contributed by atoms with E-state index >= 15 is 0 Å². The van der Waals surface area contributed by atoms with E-state index < -0.39 is 5.82 Å². The average Bonchev–Trinajstić information content (AvgIpc) is 2.70. The molecule has 0 amide bonds. The molecule has 0 spiro atoms. The van der Waals surface area contributed by atoms with Gasteiger partial charge in [0.2, 0.25) is 0 Å². The molecule has 5 nitrogen and oxygen atoms in total. The Hall–Kier alpha value is -1.53. The van der Waals surface area contributed by atoms with E-state index in [1.54, 1.807) is 0 Å². The summed E-state index contributed by atoms with van der Waals surface area (Å²) in [5.74, 6) is -0.102. The van der Waals surface area contributed by atoms with Crippen LogP contribution in [0.4, 0.5) is 4.39 Å². The van der Waals surface area contributed by atoms with Crippen LogP contribution in [0.15, 0.2) is 6.07 Å². The van der Waals surface area contributed by atoms with Crippen molar-refractivity contribution in [2.75, 3.05) is 39.4 Å². The third-order valence-electron chi connectivity index (χ3n) is 3.65. The van der Waals surface area contributed by atoms with Crippen LogP contribution in [0.2, 0.25) is 0 Å². The predicted octanol–water partition coefficient (Wildman–Crippen LogP) is 1.10. The van der Waals surface area contributed by atoms with Crippen LogP contribution in [0.25, 0.3) is 0 Å². The third-order valence-corrected chi connectivity index (χ3v) is 3.65. The van der Waals surface area contributed by atoms with Crippen molar-refractivity contribution in [3.8, 4) is 17.2 Å². The van der Waals surface area contributed by atoms with Gasteiger partial charge in [0, 0.05) is 45.2 Å². The summed E-state index contributed by atoms with van der Waals surface area (Å²) in [6.45, 7) is 5.02. The number of fused-ring (bicyclic) bond motifs is 1. The minimum atomic E-state index is -0.653. The lowest BCUT2D eigenvalue weighted by atomic mass is 10.1. The summed E-state index contributed by atoms with van der Waals surface area (Å²) in [6.07, 6.45) is 0.754. The molecule has 3 rings (SSSR count). The molecule has 0 radical (unpaired) electrons. The van der Waals surface area contributed by atoms with Crippen molar-refractivity contribution >= 4 is 0 Å². The Balaban J connectivity index is 1.92. The molecule has 110 valence electrons. The van der Waals surface area contributed by atoms with Gasteiger partial charge in [-0.15, -0.1) is 0 Å². The molecule has 0 saturated carbocycles. The topological polar surface area (TPSA) is 54.0 Å². The van der Waals surface area contributed by atoms with E-state index in [0.717, 1.165) is 32.6 Å². The van der Waals surface area contributed by atoms with Crippen LogP contribution in [0, 0.1) is 5.82 Å². The monoisotopic (exact) mass is 282 g/mol. The Morgan fingerprint density at radius 3 is 2.80 bits per heavy atom. The third kappa shape index (κ3) is 2.66. The maximum absolute atomic E-state index is 13.8. The van der Waals surface area contributed by atoms with Crippen LogP contribution in [-0.2, 0) is 6.54 Å². The Morgan fingerprint density at radius 2 is 2.00 bits per heavy atom. The number of phenolic OH excluding ortho intramolecular Hbond substituents is 1. The van der Waals surface area contributed by atoms with E-state index in [-0.39, 0.29) is 5.75 Å². The standard InChI is InChI=1S/C14H19FN2O3/c15-11-8-12-14(20-7-1-6-19-12)10(13(11)18)9-17-4-2-16-3-5-17/h8,16,18H,1-7,9H2. The molecule has 2 N–H and O–H groups in total. The van der Waals surface area contributed by atoms with Gasteiger partial charge in [-0.2, -0.15) is 0 Å². The summed E-state index contributed by atoms with van der Waals surface area (Å²) < 4.78 is 25.0. The number of benzene rings is 1. The first-order chi connectivity index (χ1) is 9.75. The van der Waals surface area contributed by atoms with Gasteiger partial charge in [0.05, 0.1) is 18.8 Å². The number of aromatic hydroxyl groups is 1. The molecular formula is C14H19FN2O3. The predicted molar refractivity (Wildman–Crippen MR) is 71.8 cm³/mol. The average molecular weight is 282 g/mol. The second-order valence-corrected chi connectivity index (χ2v) is 5.09. The molecule has 1 fully saturated rings. The van der Waals surface area contributed by atoms with Crippen LogP contribution < -0.4 is 14.8 Å². The van der Waals surface area contributed by atoms with E-state index in [1.807, 2.05) is 0 Å². The van der Waals surface area contributed by atoms with Gasteiger partial charge in [-0.3, -0.25) is 4.90 Å². The molecule has 0 atom stereocenters. The van der Waals surface area contributed by atoms with Crippen LogP contribution in [0.3, 0.4) is 0 Å². The smallest absolute Gasteiger partial charge is 0.169 e. The van der Waals surface area contributed by atoms with Crippen molar-refractivity contribution in [2.45, 2.75) is 13.0 Å². The first-order valence-electron chi connectivity index (χ1n) is 6.98. The van der Waals surface area contributed by atoms with E-state index in [2.05, 4.69) is 10.2 Å². The zero-order chi connectivity index (χ0) is 13.9. The highest BCUT2D eigenvalue weighted by Gasteiger charge is 2.24. The Bertz CT molecular complexity index is 490. The van der Waals surface area contributed by atoms with Crippen molar-refractivity contribution in [3.63, 3.8) is 0 Å². The fourth-order valence-corrected chi connectivity index (χ4v) is 2.57. The Morgan fingerprint density at radius 1 is 1.25 bits per heavy atom. The molecule has 2 heterocycles. The van der Waals surface area contributed by atoms with Crippen molar-refractivity contribution in [1.29, 1.82) is 0 Å². The summed E-state index contributed by atoms with van der Waals surface area (Å²) in [5.41, 5.74) is 0.490. The molecule has 6 heteroatoms. The minimum Gasteiger partial charge on any atom is -0.504 e. The van der Waals surface area contributed by atoms with Gasteiger partial charge < -0.3 is 19.9 Å². The van der Waals surface area contributed by atoms with Gasteiger partial charge >= 0.3 is 0 Å². The largest absolute Gasteiger partial charge is 0.504 e. The van der Waals surface area contributed by atoms with Crippen molar-refractivity contribution in [2.24, 2.45) is 0 Å². The molecule has 2 aliphatic rings. The Labute approximate surface area is 117 Å². The number of rotatable bonds is 2. The number of nitrogens with one attached hydrogen (secondary N) is 1.